The third-order valence-corrected chi connectivity index (χ3v) is 2.52. The van der Waals surface area contributed by atoms with Gasteiger partial charge in [-0.1, -0.05) is 30.3 Å². The highest BCUT2D eigenvalue weighted by molar-refractivity contribution is 5.84. The third kappa shape index (κ3) is 3.74. The molecule has 0 aliphatic rings. The second-order valence-corrected chi connectivity index (χ2v) is 3.98. The Morgan fingerprint density at radius 1 is 1.33 bits per heavy atom. The van der Waals surface area contributed by atoms with E-state index in [0.717, 1.165) is 6.21 Å². The van der Waals surface area contributed by atoms with Crippen molar-refractivity contribution in [3.63, 3.8) is 0 Å². The van der Waals surface area contributed by atoms with Crippen LogP contribution in [0.5, 0.6) is 0 Å². The number of nitrogens with zero attached hydrogens (tertiary/aromatic N) is 2. The number of nitro groups is 1. The first-order chi connectivity index (χ1) is 10.1. The van der Waals surface area contributed by atoms with Crippen LogP contribution in [0.2, 0.25) is 0 Å². The van der Waals surface area contributed by atoms with Crippen LogP contribution in [0.15, 0.2) is 52.0 Å². The standard InChI is InChI=1S/C13H11N3O5/c17-12(9-4-2-1-3-5-9)13(18)15-14-8-10-6-7-11(21-10)16(19)20/h1-8,12,17H,(H,15,18)/b14-8-/t12-/m1/s1. The molecule has 0 aliphatic carbocycles. The summed E-state index contributed by atoms with van der Waals surface area (Å²) in [7, 11) is 0. The quantitative estimate of drug-likeness (QED) is 0.489. The molecule has 108 valence electrons. The van der Waals surface area contributed by atoms with Crippen LogP contribution >= 0.6 is 0 Å². The SMILES string of the molecule is O=C(N/N=C\c1ccc([N+](=O)[O-])o1)[C@H](O)c1ccccc1. The Hall–Kier alpha value is -3.00. The van der Waals surface area contributed by atoms with Crippen LogP contribution in [0.25, 0.3) is 0 Å². The van der Waals surface area contributed by atoms with Gasteiger partial charge in [0.25, 0.3) is 5.91 Å². The summed E-state index contributed by atoms with van der Waals surface area (Å²) in [5, 5.41) is 23.7. The lowest BCUT2D eigenvalue weighted by Gasteiger charge is -2.08. The molecule has 1 atom stereocenters. The molecule has 8 heteroatoms. The molecule has 1 amide bonds. The fraction of sp³-hybridized carbons (Fsp3) is 0.0769. The van der Waals surface area contributed by atoms with E-state index in [0.29, 0.717) is 5.56 Å². The first-order valence-electron chi connectivity index (χ1n) is 5.88. The minimum absolute atomic E-state index is 0.108. The van der Waals surface area contributed by atoms with Crippen molar-refractivity contribution in [1.29, 1.82) is 0 Å². The van der Waals surface area contributed by atoms with Crippen molar-refractivity contribution in [1.82, 2.24) is 5.43 Å². The Morgan fingerprint density at radius 3 is 2.67 bits per heavy atom. The van der Waals surface area contributed by atoms with Gasteiger partial charge in [-0.3, -0.25) is 14.9 Å². The summed E-state index contributed by atoms with van der Waals surface area (Å²) in [5.74, 6) is -1.04. The maximum absolute atomic E-state index is 11.6. The van der Waals surface area contributed by atoms with Crippen LogP contribution in [0, 0.1) is 10.1 Å². The van der Waals surface area contributed by atoms with E-state index in [4.69, 9.17) is 4.42 Å². The van der Waals surface area contributed by atoms with Crippen LogP contribution in [0.3, 0.4) is 0 Å². The van der Waals surface area contributed by atoms with Crippen molar-refractivity contribution < 1.29 is 19.2 Å². The van der Waals surface area contributed by atoms with Crippen molar-refractivity contribution in [2.45, 2.75) is 6.10 Å². The Balaban J connectivity index is 1.94. The van der Waals surface area contributed by atoms with Crippen LogP contribution in [-0.2, 0) is 4.79 Å². The highest BCUT2D eigenvalue weighted by Gasteiger charge is 2.16. The van der Waals surface area contributed by atoms with E-state index < -0.39 is 22.8 Å². The van der Waals surface area contributed by atoms with Gasteiger partial charge in [0.2, 0.25) is 0 Å². The predicted octanol–water partition coefficient (Wildman–Crippen LogP) is 1.37. The van der Waals surface area contributed by atoms with E-state index in [1.54, 1.807) is 30.3 Å². The Kier molecular flexibility index (Phi) is 4.42. The number of hydrogen-bond donors (Lipinski definition) is 2. The lowest BCUT2D eigenvalue weighted by atomic mass is 10.1. The molecular weight excluding hydrogens is 278 g/mol. The smallest absolute Gasteiger partial charge is 0.400 e. The molecular formula is C13H11N3O5. The molecule has 8 nitrogen and oxygen atoms in total. The first-order valence-corrected chi connectivity index (χ1v) is 5.88. The number of carbonyl (C=O) groups is 1. The summed E-state index contributed by atoms with van der Waals surface area (Å²) in [5.41, 5.74) is 2.55. The van der Waals surface area contributed by atoms with E-state index >= 15 is 0 Å². The topological polar surface area (TPSA) is 118 Å². The van der Waals surface area contributed by atoms with Gasteiger partial charge in [-0.05, 0) is 11.6 Å². The average molecular weight is 289 g/mol. The number of carbonyl (C=O) groups excluding carboxylic acids is 1. The van der Waals surface area contributed by atoms with Gasteiger partial charge < -0.3 is 9.52 Å². The second kappa shape index (κ2) is 6.44. The zero-order chi connectivity index (χ0) is 15.2. The third-order valence-electron chi connectivity index (χ3n) is 2.52. The molecule has 0 bridgehead atoms. The summed E-state index contributed by atoms with van der Waals surface area (Å²) in [6, 6.07) is 10.8. The van der Waals surface area contributed by atoms with Gasteiger partial charge in [0.1, 0.15) is 4.92 Å². The second-order valence-electron chi connectivity index (χ2n) is 3.98. The van der Waals surface area contributed by atoms with Crippen LogP contribution < -0.4 is 5.43 Å². The molecule has 1 aromatic carbocycles. The highest BCUT2D eigenvalue weighted by Crippen LogP contribution is 2.14. The van der Waals surface area contributed by atoms with Crippen molar-refractivity contribution in [3.8, 4) is 0 Å². The minimum atomic E-state index is -1.35. The maximum atomic E-state index is 11.6. The van der Waals surface area contributed by atoms with Crippen LogP contribution in [0.4, 0.5) is 5.88 Å². The summed E-state index contributed by atoms with van der Waals surface area (Å²) < 4.78 is 4.81. The highest BCUT2D eigenvalue weighted by atomic mass is 16.6. The summed E-state index contributed by atoms with van der Waals surface area (Å²) in [4.78, 5) is 21.4. The molecule has 21 heavy (non-hydrogen) atoms. The lowest BCUT2D eigenvalue weighted by molar-refractivity contribution is -0.402. The van der Waals surface area contributed by atoms with E-state index in [1.165, 1.54) is 12.1 Å². The van der Waals surface area contributed by atoms with Crippen molar-refractivity contribution in [2.75, 3.05) is 0 Å². The number of nitrogens with one attached hydrogen (secondary N) is 1. The molecule has 0 aliphatic heterocycles. The number of hydrogen-bond acceptors (Lipinski definition) is 6. The zero-order valence-corrected chi connectivity index (χ0v) is 10.7. The maximum Gasteiger partial charge on any atom is 0.433 e. The molecule has 0 spiro atoms. The Morgan fingerprint density at radius 2 is 2.05 bits per heavy atom. The van der Waals surface area contributed by atoms with Gasteiger partial charge in [-0.15, -0.1) is 0 Å². The minimum Gasteiger partial charge on any atom is -0.400 e. The van der Waals surface area contributed by atoms with Gasteiger partial charge in [0.15, 0.2) is 11.9 Å². The van der Waals surface area contributed by atoms with Gasteiger partial charge >= 0.3 is 5.88 Å². The summed E-state index contributed by atoms with van der Waals surface area (Å²) in [6.45, 7) is 0. The fourth-order valence-corrected chi connectivity index (χ4v) is 1.52. The number of aliphatic hydroxyl groups is 1. The number of aliphatic hydroxyl groups excluding tert-OH is 1. The number of benzene rings is 1. The molecule has 0 unspecified atom stereocenters. The summed E-state index contributed by atoms with van der Waals surface area (Å²) in [6.07, 6.45) is -0.253. The first kappa shape index (κ1) is 14.4. The molecule has 0 fully saturated rings. The molecule has 2 aromatic rings. The van der Waals surface area contributed by atoms with Gasteiger partial charge in [-0.25, -0.2) is 5.43 Å². The lowest BCUT2D eigenvalue weighted by Crippen LogP contribution is -2.25. The predicted molar refractivity (Wildman–Crippen MR) is 72.5 cm³/mol. The molecule has 1 heterocycles. The largest absolute Gasteiger partial charge is 0.433 e. The van der Waals surface area contributed by atoms with E-state index in [-0.39, 0.29) is 5.76 Å². The molecule has 0 saturated carbocycles. The molecule has 0 radical (unpaired) electrons. The van der Waals surface area contributed by atoms with Gasteiger partial charge in [0, 0.05) is 0 Å². The number of amides is 1. The van der Waals surface area contributed by atoms with Crippen molar-refractivity contribution in [2.24, 2.45) is 5.10 Å². The summed E-state index contributed by atoms with van der Waals surface area (Å²) >= 11 is 0. The van der Waals surface area contributed by atoms with Gasteiger partial charge in [0.05, 0.1) is 12.3 Å². The molecule has 2 rings (SSSR count). The Labute approximate surface area is 118 Å². The van der Waals surface area contributed by atoms with Crippen LogP contribution in [-0.4, -0.2) is 22.2 Å². The molecule has 0 saturated heterocycles. The van der Waals surface area contributed by atoms with E-state index in [1.807, 2.05) is 0 Å². The molecule has 1 aromatic heterocycles. The van der Waals surface area contributed by atoms with Gasteiger partial charge in [-0.2, -0.15) is 5.10 Å². The van der Waals surface area contributed by atoms with E-state index in [9.17, 15) is 20.0 Å². The van der Waals surface area contributed by atoms with E-state index in [2.05, 4.69) is 10.5 Å². The normalized spacial score (nSPS) is 12.2. The number of rotatable bonds is 5. The Bertz CT molecular complexity index is 665. The van der Waals surface area contributed by atoms with Crippen LogP contribution in [0.1, 0.15) is 17.4 Å². The average Bonchev–Trinajstić information content (AvgIpc) is 2.96. The number of hydrazone groups is 1. The fourth-order valence-electron chi connectivity index (χ4n) is 1.52. The number of furan rings is 1. The van der Waals surface area contributed by atoms with Crippen molar-refractivity contribution in [3.05, 3.63) is 63.9 Å². The van der Waals surface area contributed by atoms with Crippen molar-refractivity contribution >= 4 is 18.0 Å². The zero-order valence-electron chi connectivity index (χ0n) is 10.7. The monoisotopic (exact) mass is 289 g/mol. The molecule has 2 N–H and O–H groups in total.